The van der Waals surface area contributed by atoms with Crippen molar-refractivity contribution in [2.45, 2.75) is 18.0 Å². The largest absolute Gasteiger partial charge is 0.523 e. The highest BCUT2D eigenvalue weighted by Crippen LogP contribution is 2.37. The average Bonchev–Trinajstić information content (AvgIpc) is 2.64. The third-order valence-electron chi connectivity index (χ3n) is 2.22. The molecule has 0 amide bonds. The maximum Gasteiger partial charge on any atom is 0.523 e. The van der Waals surface area contributed by atoms with Gasteiger partial charge in [-0.05, 0) is 23.9 Å². The molecule has 0 aliphatic heterocycles. The molecular formula is C9H7F3O3S2. The van der Waals surface area contributed by atoms with Gasteiger partial charge < -0.3 is 0 Å². The topological polar surface area (TPSA) is 43.4 Å². The predicted molar refractivity (Wildman–Crippen MR) is 56.8 cm³/mol. The molecule has 8 heteroatoms. The van der Waals surface area contributed by atoms with Gasteiger partial charge in [-0.1, -0.05) is 6.08 Å². The molecular weight excluding hydrogens is 277 g/mol. The molecule has 3 nitrogen and oxygen atoms in total. The molecule has 0 saturated heterocycles. The van der Waals surface area contributed by atoms with Crippen molar-refractivity contribution in [1.82, 2.24) is 0 Å². The summed E-state index contributed by atoms with van der Waals surface area (Å²) in [4.78, 5) is 0.721. The van der Waals surface area contributed by atoms with Gasteiger partial charge in [-0.2, -0.15) is 21.6 Å². The van der Waals surface area contributed by atoms with Crippen LogP contribution in [0.15, 0.2) is 17.5 Å². The Morgan fingerprint density at radius 2 is 2.12 bits per heavy atom. The fraction of sp³-hybridized carbons (Fsp3) is 0.333. The Balaban J connectivity index is 2.26. The minimum atomic E-state index is -5.55. The molecule has 1 unspecified atom stereocenters. The van der Waals surface area contributed by atoms with E-state index in [0.717, 1.165) is 4.88 Å². The molecule has 0 spiro atoms. The fourth-order valence-corrected chi connectivity index (χ4v) is 2.93. The Labute approximate surface area is 99.6 Å². The van der Waals surface area contributed by atoms with Crippen LogP contribution < -0.4 is 0 Å². The van der Waals surface area contributed by atoms with Gasteiger partial charge in [-0.25, -0.2) is 0 Å². The maximum absolute atomic E-state index is 12.2. The van der Waals surface area contributed by atoms with Crippen LogP contribution in [0.4, 0.5) is 13.2 Å². The van der Waals surface area contributed by atoms with E-state index in [1.165, 1.54) is 11.3 Å². The number of alkyl halides is 3. The number of fused-ring (bicyclic) bond motifs is 1. The molecule has 1 aromatic heterocycles. The molecule has 0 N–H and O–H groups in total. The van der Waals surface area contributed by atoms with E-state index in [1.807, 2.05) is 0 Å². The Hall–Kier alpha value is -0.860. The molecule has 0 aromatic carbocycles. The smallest absolute Gasteiger partial charge is 0.255 e. The van der Waals surface area contributed by atoms with E-state index < -0.39 is 21.7 Å². The lowest BCUT2D eigenvalue weighted by Crippen LogP contribution is -2.27. The number of rotatable bonds is 2. The van der Waals surface area contributed by atoms with E-state index in [1.54, 1.807) is 23.6 Å². The summed E-state index contributed by atoms with van der Waals surface area (Å²) in [5, 5.41) is 1.68. The van der Waals surface area contributed by atoms with E-state index >= 15 is 0 Å². The van der Waals surface area contributed by atoms with Gasteiger partial charge in [0.05, 0.1) is 0 Å². The zero-order valence-electron chi connectivity index (χ0n) is 8.27. The van der Waals surface area contributed by atoms with E-state index in [-0.39, 0.29) is 6.42 Å². The molecule has 94 valence electrons. The predicted octanol–water partition coefficient (Wildman–Crippen LogP) is 3.07. The monoisotopic (exact) mass is 284 g/mol. The normalized spacial score (nSPS) is 20.3. The summed E-state index contributed by atoms with van der Waals surface area (Å²) in [5.41, 5.74) is -4.91. The first-order valence-corrected chi connectivity index (χ1v) is 6.83. The van der Waals surface area contributed by atoms with Gasteiger partial charge in [-0.3, -0.25) is 4.18 Å². The van der Waals surface area contributed by atoms with Crippen LogP contribution in [0, 0.1) is 0 Å². The first-order chi connectivity index (χ1) is 7.81. The van der Waals surface area contributed by atoms with E-state index in [9.17, 15) is 21.6 Å². The molecule has 1 aromatic rings. The molecule has 1 aliphatic carbocycles. The summed E-state index contributed by atoms with van der Waals surface area (Å²) in [6.07, 6.45) is 2.35. The second-order valence-corrected chi connectivity index (χ2v) is 5.87. The van der Waals surface area contributed by atoms with Crippen LogP contribution in [0.2, 0.25) is 0 Å². The molecule has 1 heterocycles. The highest BCUT2D eigenvalue weighted by atomic mass is 32.2. The van der Waals surface area contributed by atoms with E-state index in [2.05, 4.69) is 4.18 Å². The minimum absolute atomic E-state index is 0.110. The van der Waals surface area contributed by atoms with Crippen molar-refractivity contribution < 1.29 is 25.8 Å². The summed E-state index contributed by atoms with van der Waals surface area (Å²) < 4.78 is 62.5. The third-order valence-corrected chi connectivity index (χ3v) is 4.17. The molecule has 0 saturated carbocycles. The van der Waals surface area contributed by atoms with E-state index in [0.29, 0.717) is 5.56 Å². The first kappa shape index (κ1) is 12.6. The SMILES string of the molecule is O=S(=O)(OC1CC=Cc2sccc21)C(F)(F)F. The van der Waals surface area contributed by atoms with Crippen LogP contribution in [-0.2, 0) is 14.3 Å². The quantitative estimate of drug-likeness (QED) is 0.619. The standard InChI is InChI=1S/C9H7F3O3S2/c10-9(11,12)17(13,14)15-7-2-1-3-8-6(7)4-5-16-8/h1,3-5,7H,2H2. The van der Waals surface area contributed by atoms with Gasteiger partial charge in [0, 0.05) is 10.4 Å². The Morgan fingerprint density at radius 1 is 1.41 bits per heavy atom. The summed E-state index contributed by atoms with van der Waals surface area (Å²) in [6.45, 7) is 0. The van der Waals surface area contributed by atoms with Crippen molar-refractivity contribution in [2.75, 3.05) is 0 Å². The average molecular weight is 284 g/mol. The van der Waals surface area contributed by atoms with Gasteiger partial charge in [-0.15, -0.1) is 11.3 Å². The van der Waals surface area contributed by atoms with Gasteiger partial charge in [0.15, 0.2) is 0 Å². The van der Waals surface area contributed by atoms with Crippen LogP contribution in [0.1, 0.15) is 23.0 Å². The van der Waals surface area contributed by atoms with Gasteiger partial charge in [0.2, 0.25) is 0 Å². The van der Waals surface area contributed by atoms with Gasteiger partial charge in [0.1, 0.15) is 6.10 Å². The third kappa shape index (κ3) is 2.38. The van der Waals surface area contributed by atoms with Crippen LogP contribution in [-0.4, -0.2) is 13.9 Å². The van der Waals surface area contributed by atoms with Gasteiger partial charge in [0.25, 0.3) is 0 Å². The number of hydrogen-bond acceptors (Lipinski definition) is 4. The Bertz CT molecular complexity index is 542. The van der Waals surface area contributed by atoms with Crippen molar-refractivity contribution >= 4 is 27.5 Å². The zero-order chi connectivity index (χ0) is 12.7. The summed E-state index contributed by atoms with van der Waals surface area (Å²) in [7, 11) is -5.55. The molecule has 17 heavy (non-hydrogen) atoms. The number of hydrogen-bond donors (Lipinski definition) is 0. The fourth-order valence-electron chi connectivity index (χ4n) is 1.46. The molecule has 0 fully saturated rings. The highest BCUT2D eigenvalue weighted by molar-refractivity contribution is 7.87. The van der Waals surface area contributed by atoms with Crippen LogP contribution in [0.3, 0.4) is 0 Å². The lowest BCUT2D eigenvalue weighted by molar-refractivity contribution is -0.0574. The van der Waals surface area contributed by atoms with Crippen molar-refractivity contribution in [2.24, 2.45) is 0 Å². The summed E-state index contributed by atoms with van der Waals surface area (Å²) in [6, 6.07) is 1.57. The van der Waals surface area contributed by atoms with Crippen molar-refractivity contribution in [3.8, 4) is 0 Å². The molecule has 2 rings (SSSR count). The summed E-state index contributed by atoms with van der Waals surface area (Å²) in [5.74, 6) is 0. The zero-order valence-corrected chi connectivity index (χ0v) is 9.90. The number of thiophene rings is 1. The van der Waals surface area contributed by atoms with Crippen LogP contribution >= 0.6 is 11.3 Å². The minimum Gasteiger partial charge on any atom is -0.255 e. The second kappa shape index (κ2) is 4.11. The van der Waals surface area contributed by atoms with Crippen molar-refractivity contribution in [1.29, 1.82) is 0 Å². The highest BCUT2D eigenvalue weighted by Gasteiger charge is 2.49. The molecule has 1 aliphatic rings. The molecule has 0 radical (unpaired) electrons. The Kier molecular flexibility index (Phi) is 3.04. The molecule has 1 atom stereocenters. The second-order valence-electron chi connectivity index (χ2n) is 3.36. The Morgan fingerprint density at radius 3 is 2.76 bits per heavy atom. The molecule has 0 bridgehead atoms. The first-order valence-electron chi connectivity index (χ1n) is 4.55. The lowest BCUT2D eigenvalue weighted by atomic mass is 10.0. The van der Waals surface area contributed by atoms with E-state index in [4.69, 9.17) is 0 Å². The number of halogens is 3. The van der Waals surface area contributed by atoms with Gasteiger partial charge >= 0.3 is 15.6 Å². The van der Waals surface area contributed by atoms with Crippen molar-refractivity contribution in [3.63, 3.8) is 0 Å². The van der Waals surface area contributed by atoms with Crippen molar-refractivity contribution in [3.05, 3.63) is 28.0 Å². The van der Waals surface area contributed by atoms with Crippen LogP contribution in [0.25, 0.3) is 6.08 Å². The lowest BCUT2D eigenvalue weighted by Gasteiger charge is -2.19. The van der Waals surface area contributed by atoms with Crippen LogP contribution in [0.5, 0.6) is 0 Å². The maximum atomic E-state index is 12.2. The summed E-state index contributed by atoms with van der Waals surface area (Å²) >= 11 is 1.32.